The van der Waals surface area contributed by atoms with Crippen LogP contribution >= 0.6 is 11.6 Å². The molecular weight excluding hydrogens is 371 g/mol. The molecule has 9 heteroatoms. The molecule has 140 valence electrons. The van der Waals surface area contributed by atoms with Crippen LogP contribution < -0.4 is 0 Å². The van der Waals surface area contributed by atoms with Gasteiger partial charge in [-0.15, -0.1) is 0 Å². The third-order valence-corrected chi connectivity index (χ3v) is 4.89. The summed E-state index contributed by atoms with van der Waals surface area (Å²) in [6.07, 6.45) is -0.426. The van der Waals surface area contributed by atoms with Crippen molar-refractivity contribution in [3.8, 4) is 0 Å². The van der Waals surface area contributed by atoms with Crippen molar-refractivity contribution >= 4 is 17.7 Å². The molecule has 1 aliphatic heterocycles. The highest BCUT2D eigenvalue weighted by Gasteiger charge is 2.35. The summed E-state index contributed by atoms with van der Waals surface area (Å²) in [6, 6.07) is 0.720. The highest BCUT2D eigenvalue weighted by Crippen LogP contribution is 2.36. The van der Waals surface area contributed by atoms with E-state index in [-0.39, 0.29) is 30.1 Å². The summed E-state index contributed by atoms with van der Waals surface area (Å²) in [6.45, 7) is 2.56. The van der Waals surface area contributed by atoms with Gasteiger partial charge in [0.25, 0.3) is 0 Å². The number of carbonyl (C=O) groups is 1. The molecule has 26 heavy (non-hydrogen) atoms. The minimum atomic E-state index is -1.27. The number of aromatic nitrogens is 2. The Labute approximate surface area is 153 Å². The Hall–Kier alpha value is -2.22. The second kappa shape index (κ2) is 7.19. The van der Waals surface area contributed by atoms with Crippen molar-refractivity contribution in [2.45, 2.75) is 38.8 Å². The molecule has 1 atom stereocenters. The summed E-state index contributed by atoms with van der Waals surface area (Å²) in [4.78, 5) is 17.1. The summed E-state index contributed by atoms with van der Waals surface area (Å²) in [5.74, 6) is -2.54. The average molecular weight is 388 g/mol. The van der Waals surface area contributed by atoms with Crippen molar-refractivity contribution in [1.29, 1.82) is 0 Å². The number of benzene rings is 1. The van der Waals surface area contributed by atoms with E-state index in [1.54, 1.807) is 0 Å². The molecule has 5 nitrogen and oxygen atoms in total. The summed E-state index contributed by atoms with van der Waals surface area (Å²) in [5.41, 5.74) is 0.394. The van der Waals surface area contributed by atoms with E-state index in [2.05, 4.69) is 4.98 Å². The Kier molecular flexibility index (Phi) is 5.13. The average Bonchev–Trinajstić information content (AvgIpc) is 2.92. The van der Waals surface area contributed by atoms with E-state index in [0.717, 1.165) is 11.9 Å². The zero-order valence-corrected chi connectivity index (χ0v) is 14.7. The maximum atomic E-state index is 13.9. The van der Waals surface area contributed by atoms with Crippen molar-refractivity contribution in [2.24, 2.45) is 0 Å². The van der Waals surface area contributed by atoms with Gasteiger partial charge in [0, 0.05) is 25.6 Å². The fourth-order valence-corrected chi connectivity index (χ4v) is 3.76. The van der Waals surface area contributed by atoms with Crippen LogP contribution in [0.25, 0.3) is 0 Å². The number of aryl methyl sites for hydroxylation is 2. The van der Waals surface area contributed by atoms with Gasteiger partial charge in [0.2, 0.25) is 0 Å². The lowest BCUT2D eigenvalue weighted by Gasteiger charge is -2.35. The van der Waals surface area contributed by atoms with E-state index in [1.165, 1.54) is 4.90 Å². The summed E-state index contributed by atoms with van der Waals surface area (Å²) in [5, 5.41) is 9.69. The van der Waals surface area contributed by atoms with E-state index >= 15 is 0 Å². The van der Waals surface area contributed by atoms with Crippen molar-refractivity contribution < 1.29 is 23.1 Å². The molecule has 0 bridgehead atoms. The quantitative estimate of drug-likeness (QED) is 0.800. The number of halogens is 4. The smallest absolute Gasteiger partial charge is 0.407 e. The number of imidazole rings is 1. The van der Waals surface area contributed by atoms with E-state index in [1.807, 2.05) is 11.5 Å². The van der Waals surface area contributed by atoms with E-state index in [4.69, 9.17) is 11.6 Å². The number of nitrogens with zero attached hydrogens (tertiary/aromatic N) is 3. The second-order valence-corrected chi connectivity index (χ2v) is 6.46. The van der Waals surface area contributed by atoms with Crippen LogP contribution in [0.5, 0.6) is 0 Å². The topological polar surface area (TPSA) is 58.4 Å². The van der Waals surface area contributed by atoms with Gasteiger partial charge in [-0.25, -0.2) is 22.9 Å². The first kappa shape index (κ1) is 18.6. The van der Waals surface area contributed by atoms with Crippen LogP contribution in [0.4, 0.5) is 18.0 Å². The molecule has 1 aliphatic rings. The summed E-state index contributed by atoms with van der Waals surface area (Å²) in [7, 11) is 0. The molecular formula is C17H17ClF3N3O2. The van der Waals surface area contributed by atoms with Crippen LogP contribution in [0.2, 0.25) is 5.15 Å². The van der Waals surface area contributed by atoms with Gasteiger partial charge in [0.15, 0.2) is 16.8 Å². The number of hydrogen-bond donors (Lipinski definition) is 1. The molecule has 2 aromatic rings. The van der Waals surface area contributed by atoms with Gasteiger partial charge in [-0.2, -0.15) is 0 Å². The minimum Gasteiger partial charge on any atom is -0.465 e. The standard InChI is InChI=1S/C17H17ClF3N3O2/c1-2-13-22-16(18)15-12(23(17(25)26)5-6-24(13)15)4-3-9-7-10(19)8-11(20)14(9)21/h7-8,12H,2-6H2,1H3,(H,25,26). The molecule has 3 rings (SSSR count). The molecule has 0 saturated heterocycles. The predicted octanol–water partition coefficient (Wildman–Crippen LogP) is 4.18. The molecule has 1 unspecified atom stereocenters. The van der Waals surface area contributed by atoms with Crippen LogP contribution in [0, 0.1) is 17.5 Å². The molecule has 0 saturated carbocycles. The number of carboxylic acid groups (broad SMARTS) is 1. The highest BCUT2D eigenvalue weighted by atomic mass is 35.5. The zero-order chi connectivity index (χ0) is 19.0. The lowest BCUT2D eigenvalue weighted by Crippen LogP contribution is -2.42. The van der Waals surface area contributed by atoms with Gasteiger partial charge in [0.1, 0.15) is 11.6 Å². The molecule has 0 spiro atoms. The SMILES string of the molecule is CCc1nc(Cl)c2n1CCN(C(=O)O)C2CCc1cc(F)cc(F)c1F. The molecule has 1 aromatic heterocycles. The van der Waals surface area contributed by atoms with Crippen molar-refractivity contribution in [3.05, 3.63) is 51.8 Å². The Morgan fingerprint density at radius 3 is 2.73 bits per heavy atom. The fraction of sp³-hybridized carbons (Fsp3) is 0.412. The van der Waals surface area contributed by atoms with Crippen LogP contribution in [0.1, 0.15) is 36.5 Å². The third-order valence-electron chi connectivity index (χ3n) is 4.61. The van der Waals surface area contributed by atoms with E-state index < -0.39 is 29.6 Å². The Morgan fingerprint density at radius 1 is 1.35 bits per heavy atom. The van der Waals surface area contributed by atoms with Crippen LogP contribution in [-0.2, 0) is 19.4 Å². The van der Waals surface area contributed by atoms with Gasteiger partial charge < -0.3 is 9.67 Å². The van der Waals surface area contributed by atoms with Crippen molar-refractivity contribution in [1.82, 2.24) is 14.5 Å². The van der Waals surface area contributed by atoms with Gasteiger partial charge in [-0.3, -0.25) is 4.90 Å². The van der Waals surface area contributed by atoms with E-state index in [0.29, 0.717) is 24.7 Å². The first-order valence-corrected chi connectivity index (χ1v) is 8.59. The molecule has 1 N–H and O–H groups in total. The first-order chi connectivity index (χ1) is 12.3. The predicted molar refractivity (Wildman–Crippen MR) is 88.7 cm³/mol. The van der Waals surface area contributed by atoms with Crippen molar-refractivity contribution in [3.63, 3.8) is 0 Å². The zero-order valence-electron chi connectivity index (χ0n) is 14.0. The number of amides is 1. The van der Waals surface area contributed by atoms with Gasteiger partial charge in [-0.05, 0) is 24.5 Å². The van der Waals surface area contributed by atoms with Gasteiger partial charge in [0.05, 0.1) is 11.7 Å². The largest absolute Gasteiger partial charge is 0.465 e. The molecule has 1 amide bonds. The number of rotatable bonds is 4. The first-order valence-electron chi connectivity index (χ1n) is 8.21. The third kappa shape index (κ3) is 3.25. The lowest BCUT2D eigenvalue weighted by atomic mass is 10.00. The highest BCUT2D eigenvalue weighted by molar-refractivity contribution is 6.30. The van der Waals surface area contributed by atoms with Crippen LogP contribution in [0.3, 0.4) is 0 Å². The molecule has 0 aliphatic carbocycles. The maximum Gasteiger partial charge on any atom is 0.407 e. The normalized spacial score (nSPS) is 16.7. The van der Waals surface area contributed by atoms with Crippen LogP contribution in [0.15, 0.2) is 12.1 Å². The minimum absolute atomic E-state index is 0.0437. The monoisotopic (exact) mass is 387 g/mol. The number of hydrogen-bond acceptors (Lipinski definition) is 2. The Morgan fingerprint density at radius 2 is 2.08 bits per heavy atom. The molecule has 0 radical (unpaired) electrons. The fourth-order valence-electron chi connectivity index (χ4n) is 3.43. The van der Waals surface area contributed by atoms with Gasteiger partial charge >= 0.3 is 6.09 Å². The Bertz CT molecular complexity index is 856. The maximum absolute atomic E-state index is 13.9. The number of fused-ring (bicyclic) bond motifs is 1. The van der Waals surface area contributed by atoms with Crippen molar-refractivity contribution in [2.75, 3.05) is 6.54 Å². The molecule has 2 heterocycles. The summed E-state index contributed by atoms with van der Waals surface area (Å²) >= 11 is 6.22. The lowest BCUT2D eigenvalue weighted by molar-refractivity contribution is 0.106. The molecule has 0 fully saturated rings. The van der Waals surface area contributed by atoms with Crippen LogP contribution in [-0.4, -0.2) is 32.2 Å². The summed E-state index contributed by atoms with van der Waals surface area (Å²) < 4.78 is 42.6. The van der Waals surface area contributed by atoms with E-state index in [9.17, 15) is 23.1 Å². The van der Waals surface area contributed by atoms with Gasteiger partial charge in [-0.1, -0.05) is 18.5 Å². The second-order valence-electron chi connectivity index (χ2n) is 6.10. The Balaban J connectivity index is 1.94. The molecule has 1 aromatic carbocycles.